The van der Waals surface area contributed by atoms with Gasteiger partial charge in [0.1, 0.15) is 0 Å². The van der Waals surface area contributed by atoms with Crippen LogP contribution in [0, 0.1) is 0 Å². The standard InChI is InChI=1S/C21H29N3OS2/c26-21(22-10-9-19-6-2-1-3-7-19)24(18-20-8-4-17-27-20)12-5-11-23-13-15-25-16-14-23/h1-4,6-8,17H,5,9-16,18H2,(H,22,26). The van der Waals surface area contributed by atoms with E-state index in [1.54, 1.807) is 11.3 Å². The lowest BCUT2D eigenvalue weighted by atomic mass is 10.1. The molecule has 27 heavy (non-hydrogen) atoms. The molecule has 146 valence electrons. The van der Waals surface area contributed by atoms with Gasteiger partial charge in [-0.1, -0.05) is 36.4 Å². The van der Waals surface area contributed by atoms with Gasteiger partial charge < -0.3 is 15.0 Å². The molecule has 0 radical (unpaired) electrons. The summed E-state index contributed by atoms with van der Waals surface area (Å²) in [5.74, 6) is 0. The number of thiocarbonyl (C=S) groups is 1. The first-order valence-electron chi connectivity index (χ1n) is 9.70. The van der Waals surface area contributed by atoms with Gasteiger partial charge in [-0.25, -0.2) is 0 Å². The number of hydrogen-bond acceptors (Lipinski definition) is 4. The smallest absolute Gasteiger partial charge is 0.169 e. The molecule has 0 amide bonds. The van der Waals surface area contributed by atoms with Crippen LogP contribution in [0.1, 0.15) is 16.9 Å². The third kappa shape index (κ3) is 7.22. The highest BCUT2D eigenvalue weighted by Gasteiger charge is 2.13. The van der Waals surface area contributed by atoms with E-state index in [0.717, 1.165) is 70.4 Å². The largest absolute Gasteiger partial charge is 0.379 e. The maximum absolute atomic E-state index is 5.72. The normalized spacial score (nSPS) is 14.8. The van der Waals surface area contributed by atoms with Crippen LogP contribution in [0.15, 0.2) is 47.8 Å². The van der Waals surface area contributed by atoms with Crippen molar-refractivity contribution < 1.29 is 4.74 Å². The predicted octanol–water partition coefficient (Wildman–Crippen LogP) is 3.39. The number of morpholine rings is 1. The molecule has 4 nitrogen and oxygen atoms in total. The highest BCUT2D eigenvalue weighted by atomic mass is 32.1. The molecule has 1 aromatic carbocycles. The van der Waals surface area contributed by atoms with Gasteiger partial charge in [-0.2, -0.15) is 0 Å². The maximum Gasteiger partial charge on any atom is 0.169 e. The van der Waals surface area contributed by atoms with Crippen LogP contribution in [-0.4, -0.2) is 60.8 Å². The number of rotatable bonds is 9. The lowest BCUT2D eigenvalue weighted by Gasteiger charge is -2.29. The molecule has 1 saturated heterocycles. The average Bonchev–Trinajstić information content (AvgIpc) is 3.22. The molecule has 0 atom stereocenters. The van der Waals surface area contributed by atoms with Crippen LogP contribution in [0.5, 0.6) is 0 Å². The van der Waals surface area contributed by atoms with Crippen LogP contribution in [0.2, 0.25) is 0 Å². The minimum absolute atomic E-state index is 0.859. The summed E-state index contributed by atoms with van der Waals surface area (Å²) in [5, 5.41) is 6.45. The van der Waals surface area contributed by atoms with E-state index in [0.29, 0.717) is 0 Å². The van der Waals surface area contributed by atoms with Gasteiger partial charge in [0.25, 0.3) is 0 Å². The fourth-order valence-electron chi connectivity index (χ4n) is 3.22. The molecule has 2 heterocycles. The summed E-state index contributed by atoms with van der Waals surface area (Å²) < 4.78 is 5.43. The zero-order chi connectivity index (χ0) is 18.7. The number of benzene rings is 1. The number of nitrogens with one attached hydrogen (secondary N) is 1. The Kier molecular flexibility index (Phi) is 8.55. The molecule has 1 N–H and O–H groups in total. The molecule has 0 saturated carbocycles. The van der Waals surface area contributed by atoms with E-state index in [1.165, 1.54) is 10.4 Å². The van der Waals surface area contributed by atoms with E-state index in [-0.39, 0.29) is 0 Å². The van der Waals surface area contributed by atoms with Crippen LogP contribution >= 0.6 is 23.6 Å². The van der Waals surface area contributed by atoms with Crippen molar-refractivity contribution in [2.75, 3.05) is 45.9 Å². The molecule has 0 bridgehead atoms. The summed E-state index contributed by atoms with van der Waals surface area (Å²) in [7, 11) is 0. The van der Waals surface area contributed by atoms with Crippen LogP contribution < -0.4 is 5.32 Å². The third-order valence-corrected chi connectivity index (χ3v) is 6.02. The maximum atomic E-state index is 5.72. The Labute approximate surface area is 172 Å². The monoisotopic (exact) mass is 403 g/mol. The SMILES string of the molecule is S=C(NCCc1ccccc1)N(CCCN1CCOCC1)Cc1cccs1. The molecule has 1 aromatic heterocycles. The van der Waals surface area contributed by atoms with Crippen LogP contribution in [0.3, 0.4) is 0 Å². The summed E-state index contributed by atoms with van der Waals surface area (Å²) in [6.07, 6.45) is 2.10. The second-order valence-corrected chi connectivity index (χ2v) is 8.19. The summed E-state index contributed by atoms with van der Waals surface area (Å²) in [5.41, 5.74) is 1.34. The molecule has 0 spiro atoms. The molecule has 2 aromatic rings. The molecule has 1 fully saturated rings. The Morgan fingerprint density at radius 3 is 2.70 bits per heavy atom. The predicted molar refractivity (Wildman–Crippen MR) is 117 cm³/mol. The summed E-state index contributed by atoms with van der Waals surface area (Å²) in [4.78, 5) is 6.15. The molecule has 6 heteroatoms. The molecule has 3 rings (SSSR count). The topological polar surface area (TPSA) is 27.7 Å². The number of thiophene rings is 1. The lowest BCUT2D eigenvalue weighted by Crippen LogP contribution is -2.42. The first-order chi connectivity index (χ1) is 13.3. The van der Waals surface area contributed by atoms with E-state index >= 15 is 0 Å². The van der Waals surface area contributed by atoms with Crippen molar-refractivity contribution in [3.05, 3.63) is 58.3 Å². The van der Waals surface area contributed by atoms with Crippen molar-refractivity contribution in [3.63, 3.8) is 0 Å². The minimum Gasteiger partial charge on any atom is -0.379 e. The van der Waals surface area contributed by atoms with E-state index in [4.69, 9.17) is 17.0 Å². The Morgan fingerprint density at radius 1 is 1.15 bits per heavy atom. The molecule has 1 aliphatic rings. The number of hydrogen-bond donors (Lipinski definition) is 1. The first kappa shape index (κ1) is 20.3. The zero-order valence-electron chi connectivity index (χ0n) is 15.8. The second kappa shape index (κ2) is 11.4. The van der Waals surface area contributed by atoms with Crippen molar-refractivity contribution in [2.45, 2.75) is 19.4 Å². The first-order valence-corrected chi connectivity index (χ1v) is 11.0. The number of ether oxygens (including phenoxy) is 1. The highest BCUT2D eigenvalue weighted by Crippen LogP contribution is 2.13. The second-order valence-electron chi connectivity index (χ2n) is 6.78. The average molecular weight is 404 g/mol. The summed E-state index contributed by atoms with van der Waals surface area (Å²) in [6, 6.07) is 14.8. The van der Waals surface area contributed by atoms with E-state index in [2.05, 4.69) is 63.0 Å². The van der Waals surface area contributed by atoms with E-state index in [1.807, 2.05) is 0 Å². The van der Waals surface area contributed by atoms with E-state index < -0.39 is 0 Å². The Balaban J connectivity index is 1.46. The molecular weight excluding hydrogens is 374 g/mol. The van der Waals surface area contributed by atoms with Gasteiger partial charge in [0.2, 0.25) is 0 Å². The van der Waals surface area contributed by atoms with Crippen molar-refractivity contribution in [2.24, 2.45) is 0 Å². The summed E-state index contributed by atoms with van der Waals surface area (Å²) >= 11 is 7.51. The quantitative estimate of drug-likeness (QED) is 0.648. The third-order valence-electron chi connectivity index (χ3n) is 4.75. The van der Waals surface area contributed by atoms with Gasteiger partial charge in [0.05, 0.1) is 19.8 Å². The van der Waals surface area contributed by atoms with Gasteiger partial charge >= 0.3 is 0 Å². The molecule has 1 aliphatic heterocycles. The number of nitrogens with zero attached hydrogens (tertiary/aromatic N) is 2. The Hall–Kier alpha value is -1.47. The van der Waals surface area contributed by atoms with Crippen LogP contribution in [-0.2, 0) is 17.7 Å². The minimum atomic E-state index is 0.859. The fourth-order valence-corrected chi connectivity index (χ4v) is 4.20. The summed E-state index contributed by atoms with van der Waals surface area (Å²) in [6.45, 7) is 7.65. The van der Waals surface area contributed by atoms with Crippen molar-refractivity contribution >= 4 is 28.7 Å². The molecular formula is C21H29N3OS2. The zero-order valence-corrected chi connectivity index (χ0v) is 17.4. The van der Waals surface area contributed by atoms with Crippen LogP contribution in [0.25, 0.3) is 0 Å². The van der Waals surface area contributed by atoms with Crippen molar-refractivity contribution in [1.29, 1.82) is 0 Å². The highest BCUT2D eigenvalue weighted by molar-refractivity contribution is 7.80. The Morgan fingerprint density at radius 2 is 1.96 bits per heavy atom. The molecule has 0 aliphatic carbocycles. The lowest BCUT2D eigenvalue weighted by molar-refractivity contribution is 0.0367. The fraction of sp³-hybridized carbons (Fsp3) is 0.476. The van der Waals surface area contributed by atoms with Gasteiger partial charge in [-0.3, -0.25) is 4.90 Å². The van der Waals surface area contributed by atoms with Gasteiger partial charge in [-0.05, 0) is 42.1 Å². The van der Waals surface area contributed by atoms with Crippen molar-refractivity contribution in [1.82, 2.24) is 15.1 Å². The van der Waals surface area contributed by atoms with Crippen molar-refractivity contribution in [3.8, 4) is 0 Å². The van der Waals surface area contributed by atoms with E-state index in [9.17, 15) is 0 Å². The Bertz CT molecular complexity index is 657. The van der Waals surface area contributed by atoms with Gasteiger partial charge in [0.15, 0.2) is 5.11 Å². The van der Waals surface area contributed by atoms with Crippen LogP contribution in [0.4, 0.5) is 0 Å². The molecule has 0 unspecified atom stereocenters. The van der Waals surface area contributed by atoms with Gasteiger partial charge in [-0.15, -0.1) is 11.3 Å². The van der Waals surface area contributed by atoms with Gasteiger partial charge in [0, 0.05) is 37.6 Å².